The molecule has 4 aliphatic rings. The summed E-state index contributed by atoms with van der Waals surface area (Å²) in [6, 6.07) is 21.7. The number of hydroxylamine groups is 2. The van der Waals surface area contributed by atoms with Crippen molar-refractivity contribution in [1.29, 1.82) is 0 Å². The lowest BCUT2D eigenvalue weighted by molar-refractivity contribution is -0.869. The van der Waals surface area contributed by atoms with Gasteiger partial charge in [-0.2, -0.15) is 4.58 Å². The molecule has 4 aromatic rings. The number of amides is 2. The SMILES string of the molecule is CN1/C(=C/C=C2\CCCC(/C=C/C3=[N+](C)c4ccc5cc(S(=O)(=O)NCC[N+](C)(C)C)ccc5c4C3(C)C)=C2Sc2ccc(C(=O)ON3C(=O)CCC3=O)cc2)C(C)(C)c2cc(S(=O)(=O)N(C)C)ccc21. The zero-order valence-corrected chi connectivity index (χ0v) is 44.9. The zero-order chi connectivity index (χ0) is 51.6. The van der Waals surface area contributed by atoms with Crippen molar-refractivity contribution in [2.24, 2.45) is 0 Å². The van der Waals surface area contributed by atoms with E-state index in [9.17, 15) is 31.2 Å². The third-order valence-electron chi connectivity index (χ3n) is 14.0. The Balaban J connectivity index is 1.14. The number of carbonyl (C=O) groups is 3. The van der Waals surface area contributed by atoms with Gasteiger partial charge in [-0.3, -0.25) is 9.59 Å². The first kappa shape index (κ1) is 51.7. The Labute approximate surface area is 422 Å². The van der Waals surface area contributed by atoms with Crippen molar-refractivity contribution < 1.29 is 45.1 Å². The summed E-state index contributed by atoms with van der Waals surface area (Å²) in [7, 11) is 5.85. The number of quaternary nitrogens is 1. The molecule has 2 amide bonds. The van der Waals surface area contributed by atoms with E-state index in [1.54, 1.807) is 48.2 Å². The van der Waals surface area contributed by atoms with Crippen LogP contribution in [-0.4, -0.2) is 121 Å². The van der Waals surface area contributed by atoms with Crippen molar-refractivity contribution in [3.05, 3.63) is 136 Å². The van der Waals surface area contributed by atoms with Gasteiger partial charge in [0.1, 0.15) is 7.05 Å². The van der Waals surface area contributed by atoms with Crippen LogP contribution >= 0.6 is 11.8 Å². The second kappa shape index (κ2) is 19.1. The molecule has 0 radical (unpaired) electrons. The largest absolute Gasteiger partial charge is 0.363 e. The normalized spacial score (nSPS) is 19.4. The van der Waals surface area contributed by atoms with Crippen LogP contribution in [0, 0.1) is 0 Å². The summed E-state index contributed by atoms with van der Waals surface area (Å²) in [5.74, 6) is -1.88. The zero-order valence-electron chi connectivity index (χ0n) is 42.4. The van der Waals surface area contributed by atoms with Gasteiger partial charge in [0.25, 0.3) is 11.8 Å². The second-order valence-electron chi connectivity index (χ2n) is 20.8. The lowest BCUT2D eigenvalue weighted by Crippen LogP contribution is -2.41. The van der Waals surface area contributed by atoms with Crippen LogP contribution in [0.15, 0.2) is 134 Å². The molecule has 1 N–H and O–H groups in total. The van der Waals surface area contributed by atoms with Gasteiger partial charge in [-0.1, -0.05) is 43.8 Å². The van der Waals surface area contributed by atoms with Crippen LogP contribution in [0.25, 0.3) is 10.8 Å². The molecule has 71 heavy (non-hydrogen) atoms. The van der Waals surface area contributed by atoms with Crippen LogP contribution in [0.4, 0.5) is 11.4 Å². The first-order chi connectivity index (χ1) is 33.2. The smallest absolute Gasteiger partial charge is 0.347 e. The molecule has 3 heterocycles. The Morgan fingerprint density at radius 3 is 2.18 bits per heavy atom. The van der Waals surface area contributed by atoms with Gasteiger partial charge in [-0.05, 0) is 127 Å². The highest BCUT2D eigenvalue weighted by Gasteiger charge is 2.45. The molecule has 374 valence electrons. The molecule has 0 atom stereocenters. The molecule has 0 aromatic heterocycles. The van der Waals surface area contributed by atoms with Gasteiger partial charge in [0.2, 0.25) is 25.7 Å². The molecule has 3 aliphatic heterocycles. The molecule has 0 spiro atoms. The first-order valence-corrected chi connectivity index (χ1v) is 27.4. The molecule has 1 saturated heterocycles. The first-order valence-electron chi connectivity index (χ1n) is 23.7. The summed E-state index contributed by atoms with van der Waals surface area (Å²) in [5.41, 5.74) is 7.60. The Bertz CT molecular complexity index is 3270. The van der Waals surface area contributed by atoms with Crippen LogP contribution < -0.4 is 9.62 Å². The highest BCUT2D eigenvalue weighted by Crippen LogP contribution is 2.49. The molecule has 1 fully saturated rings. The number of rotatable bonds is 14. The fourth-order valence-electron chi connectivity index (χ4n) is 9.96. The van der Waals surface area contributed by atoms with Crippen molar-refractivity contribution in [2.45, 2.75) is 85.3 Å². The van der Waals surface area contributed by atoms with Gasteiger partial charge in [0, 0.05) is 78.3 Å². The number of hydrogen-bond donors (Lipinski definition) is 1. The van der Waals surface area contributed by atoms with Crippen LogP contribution in [-0.2, 0) is 45.3 Å². The topological polar surface area (TPSA) is 153 Å². The summed E-state index contributed by atoms with van der Waals surface area (Å²) in [6.07, 6.45) is 11.2. The van der Waals surface area contributed by atoms with Crippen LogP contribution in [0.1, 0.15) is 81.3 Å². The minimum absolute atomic E-state index is 0.00474. The Morgan fingerprint density at radius 1 is 0.845 bits per heavy atom. The van der Waals surface area contributed by atoms with E-state index in [1.807, 2.05) is 58.5 Å². The van der Waals surface area contributed by atoms with Crippen LogP contribution in [0.3, 0.4) is 0 Å². The van der Waals surface area contributed by atoms with Crippen molar-refractivity contribution in [3.63, 3.8) is 0 Å². The summed E-state index contributed by atoms with van der Waals surface area (Å²) in [6.45, 7) is 9.61. The Morgan fingerprint density at radius 2 is 1.52 bits per heavy atom. The van der Waals surface area contributed by atoms with E-state index in [2.05, 4.69) is 79.3 Å². The number of benzene rings is 4. The minimum atomic E-state index is -3.72. The number of nitrogens with zero attached hydrogens (tertiary/aromatic N) is 5. The fraction of sp³-hybridized carbons (Fsp3) is 0.370. The maximum absolute atomic E-state index is 13.4. The molecule has 0 unspecified atom stereocenters. The second-order valence-corrected chi connectivity index (χ2v) is 25.8. The number of nitrogens with one attached hydrogen (secondary N) is 1. The van der Waals surface area contributed by atoms with E-state index >= 15 is 0 Å². The van der Waals surface area contributed by atoms with Gasteiger partial charge in [0.05, 0.1) is 55.0 Å². The van der Waals surface area contributed by atoms with E-state index in [4.69, 9.17) is 4.84 Å². The van der Waals surface area contributed by atoms with E-state index in [0.29, 0.717) is 22.6 Å². The van der Waals surface area contributed by atoms with Gasteiger partial charge in [-0.15, -0.1) is 5.06 Å². The van der Waals surface area contributed by atoms with Gasteiger partial charge >= 0.3 is 5.97 Å². The van der Waals surface area contributed by atoms with Crippen LogP contribution in [0.5, 0.6) is 0 Å². The van der Waals surface area contributed by atoms with Crippen molar-refractivity contribution in [3.8, 4) is 0 Å². The number of anilines is 1. The average Bonchev–Trinajstić information content (AvgIpc) is 3.80. The Hall–Kier alpha value is -5.69. The summed E-state index contributed by atoms with van der Waals surface area (Å²) in [5, 5.41) is 2.38. The third-order valence-corrected chi connectivity index (χ3v) is 18.5. The predicted molar refractivity (Wildman–Crippen MR) is 280 cm³/mol. The maximum Gasteiger partial charge on any atom is 0.363 e. The number of sulfonamides is 2. The number of imide groups is 1. The quantitative estimate of drug-likeness (QED) is 0.0742. The minimum Gasteiger partial charge on any atom is -0.347 e. The molecule has 8 rings (SSSR count). The van der Waals surface area contributed by atoms with Crippen LogP contribution in [0.2, 0.25) is 0 Å². The Kier molecular flexibility index (Phi) is 13.9. The molecule has 0 saturated carbocycles. The predicted octanol–water partition coefficient (Wildman–Crippen LogP) is 8.33. The number of thioether (sulfide) groups is 1. The fourth-order valence-corrected chi connectivity index (χ4v) is 13.1. The van der Waals surface area contributed by atoms with Gasteiger partial charge in [-0.25, -0.2) is 30.7 Å². The van der Waals surface area contributed by atoms with Gasteiger partial charge < -0.3 is 14.2 Å². The molecule has 17 heteroatoms. The highest BCUT2D eigenvalue weighted by atomic mass is 32.2. The van der Waals surface area contributed by atoms with Crippen molar-refractivity contribution in [2.75, 3.05) is 67.3 Å². The van der Waals surface area contributed by atoms with E-state index in [-0.39, 0.29) is 28.2 Å². The number of fused-ring (bicyclic) bond motifs is 4. The molecule has 14 nitrogen and oxygen atoms in total. The number of likely N-dealkylation sites (N-methyl/N-ethyl adjacent to an activating group) is 2. The number of hydrogen-bond acceptors (Lipinski definition) is 10. The number of allylic oxidation sites excluding steroid dienone is 7. The molecule has 4 aromatic carbocycles. The van der Waals surface area contributed by atoms with Crippen molar-refractivity contribution >= 4 is 77.5 Å². The van der Waals surface area contributed by atoms with Gasteiger partial charge in [0.15, 0.2) is 5.71 Å². The molecule has 1 aliphatic carbocycles. The van der Waals surface area contributed by atoms with E-state index in [1.165, 1.54) is 18.4 Å². The summed E-state index contributed by atoms with van der Waals surface area (Å²) >= 11 is 1.59. The lowest BCUT2D eigenvalue weighted by atomic mass is 9.78. The molecule has 0 bridgehead atoms. The lowest BCUT2D eigenvalue weighted by Gasteiger charge is -2.25. The molecular formula is C54H64N6O8S3+2. The third kappa shape index (κ3) is 9.96. The molecular weight excluding hydrogens is 957 g/mol. The average molecular weight is 1020 g/mol. The summed E-state index contributed by atoms with van der Waals surface area (Å²) in [4.78, 5) is 47.1. The monoisotopic (exact) mass is 1020 g/mol. The standard InChI is InChI=1S/C54H64N6O8S3/c1-53(2)43-34-41(71(66,67)56(5)6)23-26-44(43)57(7)46(53)27-18-35-13-12-14-36(51(35)69-39-20-15-37(16-21-39)52(63)68-59-48(61)29-30-49(59)62)19-28-47-54(3,4)50-42-24-22-40(33-38(42)17-25-45(50)58(47)8)70(64,65)55-31-32-60(9,10)11/h15-28,33-34,55H,12-14,29-32H2,1-11H3/q+2. The highest BCUT2D eigenvalue weighted by molar-refractivity contribution is 8.03. The maximum atomic E-state index is 13.4. The summed E-state index contributed by atoms with van der Waals surface area (Å²) < 4.78 is 60.0. The van der Waals surface area contributed by atoms with Crippen molar-refractivity contribution in [1.82, 2.24) is 14.1 Å². The number of carbonyl (C=O) groups excluding carboxylic acids is 3. The van der Waals surface area contributed by atoms with E-state index < -0.39 is 48.7 Å². The van der Waals surface area contributed by atoms with E-state index in [0.717, 1.165) is 84.9 Å².